The monoisotopic (exact) mass is 320 g/mol. The van der Waals surface area contributed by atoms with Crippen molar-refractivity contribution in [3.8, 4) is 10.7 Å². The highest BCUT2D eigenvalue weighted by Crippen LogP contribution is 2.28. The lowest BCUT2D eigenvalue weighted by Crippen LogP contribution is -1.89. The molecule has 4 aromatic heterocycles. The Bertz CT molecular complexity index is 860. The Morgan fingerprint density at radius 3 is 3.17 bits per heavy atom. The van der Waals surface area contributed by atoms with Crippen molar-refractivity contribution in [3.63, 3.8) is 0 Å². The van der Waals surface area contributed by atoms with Crippen molar-refractivity contribution in [2.45, 2.75) is 0 Å². The minimum absolute atomic E-state index is 0.696. The van der Waals surface area contributed by atoms with Crippen LogP contribution in [0.1, 0.15) is 0 Å². The first-order valence-electron chi connectivity index (χ1n) is 5.10. The van der Waals surface area contributed by atoms with Crippen LogP contribution in [0.3, 0.4) is 0 Å². The van der Waals surface area contributed by atoms with Crippen LogP contribution in [0.25, 0.3) is 27.4 Å². The molecule has 0 aromatic carbocycles. The third-order valence-electron chi connectivity index (χ3n) is 2.58. The summed E-state index contributed by atoms with van der Waals surface area (Å²) in [6.07, 6.45) is 3.34. The fourth-order valence-corrected chi connectivity index (χ4v) is 3.13. The molecule has 0 aliphatic carbocycles. The fourth-order valence-electron chi connectivity index (χ4n) is 1.78. The minimum atomic E-state index is 0.696. The van der Waals surface area contributed by atoms with Crippen LogP contribution in [0.4, 0.5) is 0 Å². The van der Waals surface area contributed by atoms with Crippen LogP contribution < -0.4 is 0 Å². The van der Waals surface area contributed by atoms with Gasteiger partial charge in [0.05, 0.1) is 16.5 Å². The number of nitrogens with zero attached hydrogens (tertiary/aromatic N) is 5. The molecule has 0 amide bonds. The predicted molar refractivity (Wildman–Crippen MR) is 71.4 cm³/mol. The number of hydrogen-bond acceptors (Lipinski definition) is 5. The smallest absolute Gasteiger partial charge is 0.192 e. The van der Waals surface area contributed by atoms with Crippen LogP contribution in [-0.2, 0) is 0 Å². The van der Waals surface area contributed by atoms with Gasteiger partial charge in [-0.3, -0.25) is 5.10 Å². The molecule has 1 N–H and O–H groups in total. The largest absolute Gasteiger partial charge is 0.261 e. The summed E-state index contributed by atoms with van der Waals surface area (Å²) in [6, 6.07) is 2.00. The first-order valence-corrected chi connectivity index (χ1v) is 6.77. The Morgan fingerprint density at radius 2 is 2.33 bits per heavy atom. The van der Waals surface area contributed by atoms with Crippen LogP contribution >= 0.6 is 27.3 Å². The third kappa shape index (κ3) is 1.39. The van der Waals surface area contributed by atoms with E-state index in [4.69, 9.17) is 0 Å². The lowest BCUT2D eigenvalue weighted by atomic mass is 10.4. The Kier molecular flexibility index (Phi) is 2.03. The Morgan fingerprint density at radius 1 is 1.39 bits per heavy atom. The highest BCUT2D eigenvalue weighted by atomic mass is 79.9. The quantitative estimate of drug-likeness (QED) is 0.585. The first kappa shape index (κ1) is 10.2. The topological polar surface area (TPSA) is 71.8 Å². The van der Waals surface area contributed by atoms with Gasteiger partial charge in [0.2, 0.25) is 0 Å². The summed E-state index contributed by atoms with van der Waals surface area (Å²) in [5.74, 6) is 0.696. The Labute approximate surface area is 113 Å². The van der Waals surface area contributed by atoms with Crippen molar-refractivity contribution in [1.29, 1.82) is 0 Å². The van der Waals surface area contributed by atoms with Gasteiger partial charge in [-0.05, 0) is 22.0 Å². The third-order valence-corrected chi connectivity index (χ3v) is 4.26. The van der Waals surface area contributed by atoms with E-state index in [0.717, 1.165) is 20.4 Å². The molecule has 0 saturated heterocycles. The molecule has 0 spiro atoms. The van der Waals surface area contributed by atoms with E-state index in [-0.39, 0.29) is 0 Å². The van der Waals surface area contributed by atoms with Crippen LogP contribution in [0.5, 0.6) is 0 Å². The summed E-state index contributed by atoms with van der Waals surface area (Å²) in [6.45, 7) is 0. The summed E-state index contributed by atoms with van der Waals surface area (Å²) in [5, 5.41) is 14.1. The van der Waals surface area contributed by atoms with Gasteiger partial charge in [-0.2, -0.15) is 5.10 Å². The Balaban J connectivity index is 2.03. The van der Waals surface area contributed by atoms with Crippen molar-refractivity contribution in [2.75, 3.05) is 0 Å². The fraction of sp³-hybridized carbons (Fsp3) is 0. The van der Waals surface area contributed by atoms with Crippen LogP contribution in [0.15, 0.2) is 28.4 Å². The zero-order valence-corrected chi connectivity index (χ0v) is 11.2. The molecule has 4 heterocycles. The molecule has 88 valence electrons. The number of rotatable bonds is 1. The summed E-state index contributed by atoms with van der Waals surface area (Å²) in [4.78, 5) is 9.77. The van der Waals surface area contributed by atoms with Gasteiger partial charge in [0.1, 0.15) is 6.33 Å². The normalized spacial score (nSPS) is 11.6. The molecule has 6 nitrogen and oxygen atoms in total. The molecule has 4 rings (SSSR count). The molecule has 0 unspecified atom stereocenters. The van der Waals surface area contributed by atoms with Crippen LogP contribution in [0, 0.1) is 0 Å². The molecule has 4 aromatic rings. The SMILES string of the molecule is Brc1csc(-c2nc3c4cn[nH]c4ncn3n2)c1. The summed E-state index contributed by atoms with van der Waals surface area (Å²) in [5.41, 5.74) is 1.47. The maximum absolute atomic E-state index is 4.54. The maximum atomic E-state index is 4.54. The van der Waals surface area contributed by atoms with Gasteiger partial charge in [-0.25, -0.2) is 14.5 Å². The number of aromatic amines is 1. The zero-order valence-electron chi connectivity index (χ0n) is 8.83. The average Bonchev–Trinajstić information content (AvgIpc) is 3.04. The number of fused-ring (bicyclic) bond motifs is 3. The lowest BCUT2D eigenvalue weighted by molar-refractivity contribution is 0.935. The summed E-state index contributed by atoms with van der Waals surface area (Å²) in [7, 11) is 0. The molecule has 0 bridgehead atoms. The van der Waals surface area contributed by atoms with Crippen molar-refractivity contribution in [2.24, 2.45) is 0 Å². The van der Waals surface area contributed by atoms with Gasteiger partial charge in [0, 0.05) is 9.85 Å². The standard InChI is InChI=1S/C10H5BrN6S/c11-5-1-7(18-3-5)9-14-10-6-2-13-15-8(6)12-4-17(10)16-9/h1-4H,(H,13,15). The van der Waals surface area contributed by atoms with Crippen molar-refractivity contribution in [1.82, 2.24) is 29.8 Å². The number of thiophene rings is 1. The summed E-state index contributed by atoms with van der Waals surface area (Å²) >= 11 is 5.02. The van der Waals surface area contributed by atoms with E-state index in [1.165, 1.54) is 0 Å². The van der Waals surface area contributed by atoms with Gasteiger partial charge in [0.25, 0.3) is 0 Å². The first-order chi connectivity index (χ1) is 8.81. The van der Waals surface area contributed by atoms with E-state index < -0.39 is 0 Å². The molecule has 0 atom stereocenters. The van der Waals surface area contributed by atoms with Gasteiger partial charge < -0.3 is 0 Å². The lowest BCUT2D eigenvalue weighted by Gasteiger charge is -1.89. The van der Waals surface area contributed by atoms with Crippen LogP contribution in [0.2, 0.25) is 0 Å². The number of halogens is 1. The van der Waals surface area contributed by atoms with E-state index in [1.54, 1.807) is 28.4 Å². The molecule has 0 radical (unpaired) electrons. The number of hydrogen-bond donors (Lipinski definition) is 1. The molecular formula is C10H5BrN6S. The highest BCUT2D eigenvalue weighted by molar-refractivity contribution is 9.10. The molecule has 8 heteroatoms. The highest BCUT2D eigenvalue weighted by Gasteiger charge is 2.12. The molecular weight excluding hydrogens is 316 g/mol. The zero-order chi connectivity index (χ0) is 12.1. The van der Waals surface area contributed by atoms with E-state index in [0.29, 0.717) is 11.5 Å². The van der Waals surface area contributed by atoms with Gasteiger partial charge >= 0.3 is 0 Å². The van der Waals surface area contributed by atoms with Crippen molar-refractivity contribution >= 4 is 43.9 Å². The molecule has 0 aliphatic rings. The van der Waals surface area contributed by atoms with Crippen molar-refractivity contribution < 1.29 is 0 Å². The van der Waals surface area contributed by atoms with Gasteiger partial charge in [-0.1, -0.05) is 0 Å². The Hall–Kier alpha value is -1.80. The van der Waals surface area contributed by atoms with Gasteiger partial charge in [-0.15, -0.1) is 16.4 Å². The van der Waals surface area contributed by atoms with Crippen LogP contribution in [-0.4, -0.2) is 29.8 Å². The number of aromatic nitrogens is 6. The molecule has 0 fully saturated rings. The predicted octanol–water partition coefficient (Wildman–Crippen LogP) is 2.49. The van der Waals surface area contributed by atoms with Gasteiger partial charge in [0.15, 0.2) is 17.1 Å². The van der Waals surface area contributed by atoms with E-state index in [9.17, 15) is 0 Å². The van der Waals surface area contributed by atoms with E-state index in [1.807, 2.05) is 11.4 Å². The average molecular weight is 321 g/mol. The molecule has 18 heavy (non-hydrogen) atoms. The van der Waals surface area contributed by atoms with E-state index >= 15 is 0 Å². The van der Waals surface area contributed by atoms with E-state index in [2.05, 4.69) is 41.2 Å². The van der Waals surface area contributed by atoms with Crippen molar-refractivity contribution in [3.05, 3.63) is 28.4 Å². The minimum Gasteiger partial charge on any atom is -0.261 e. The second kappa shape index (κ2) is 3.59. The molecule has 0 aliphatic heterocycles. The molecule has 0 saturated carbocycles. The second-order valence-electron chi connectivity index (χ2n) is 3.71. The maximum Gasteiger partial charge on any atom is 0.192 e. The number of nitrogens with one attached hydrogen (secondary N) is 1. The number of H-pyrrole nitrogens is 1. The summed E-state index contributed by atoms with van der Waals surface area (Å²) < 4.78 is 2.70. The second-order valence-corrected chi connectivity index (χ2v) is 5.54.